The third-order valence-electron chi connectivity index (χ3n) is 4.41. The first kappa shape index (κ1) is 22.6. The quantitative estimate of drug-likeness (QED) is 0.653. The van der Waals surface area contributed by atoms with Gasteiger partial charge < -0.3 is 10.2 Å². The summed E-state index contributed by atoms with van der Waals surface area (Å²) in [4.78, 5) is 14.6. The van der Waals surface area contributed by atoms with Crippen molar-refractivity contribution >= 4 is 28.3 Å². The normalized spacial score (nSPS) is 15.3. The van der Waals surface area contributed by atoms with Gasteiger partial charge in [0.25, 0.3) is 5.91 Å². The molecule has 0 saturated carbocycles. The second-order valence-corrected chi connectivity index (χ2v) is 7.98. The second-order valence-electron chi connectivity index (χ2n) is 6.21. The fraction of sp³-hybridized carbons (Fsp3) is 0.500. The van der Waals surface area contributed by atoms with Crippen LogP contribution in [0.5, 0.6) is 0 Å². The molecule has 8 heteroatoms. The monoisotopic (exact) mass is 401 g/mol. The van der Waals surface area contributed by atoms with Crippen molar-refractivity contribution in [2.24, 2.45) is 5.92 Å². The van der Waals surface area contributed by atoms with Gasteiger partial charge in [0.1, 0.15) is 0 Å². The van der Waals surface area contributed by atoms with Crippen molar-refractivity contribution in [2.45, 2.75) is 24.7 Å². The molecule has 0 unspecified atom stereocenters. The number of nitrogens with one attached hydrogen (secondary N) is 2. The van der Waals surface area contributed by atoms with Crippen molar-refractivity contribution in [1.29, 1.82) is 0 Å². The molecule has 1 fully saturated rings. The minimum absolute atomic E-state index is 0. The molecule has 0 bridgehead atoms. The molecule has 2 N–H and O–H groups in total. The number of benzene rings is 1. The SMILES string of the molecule is C=CCNS(=O)(=O)c1ccc(C(=O)N2CCC(CNCC)CC2)cc1.Cl. The first-order chi connectivity index (χ1) is 12.0. The molecule has 1 aliphatic rings. The summed E-state index contributed by atoms with van der Waals surface area (Å²) in [6, 6.07) is 6.10. The fourth-order valence-electron chi connectivity index (χ4n) is 2.90. The lowest BCUT2D eigenvalue weighted by molar-refractivity contribution is 0.0690. The number of carbonyl (C=O) groups is 1. The first-order valence-electron chi connectivity index (χ1n) is 8.68. The van der Waals surface area contributed by atoms with E-state index in [0.29, 0.717) is 11.5 Å². The number of rotatable bonds is 8. The summed E-state index contributed by atoms with van der Waals surface area (Å²) in [6.45, 7) is 9.21. The van der Waals surface area contributed by atoms with Crippen molar-refractivity contribution in [3.8, 4) is 0 Å². The number of sulfonamides is 1. The van der Waals surface area contributed by atoms with Gasteiger partial charge in [-0.05, 0) is 56.1 Å². The van der Waals surface area contributed by atoms with Crippen molar-refractivity contribution in [3.05, 3.63) is 42.5 Å². The predicted octanol–water partition coefficient (Wildman–Crippen LogP) is 2.03. The van der Waals surface area contributed by atoms with Gasteiger partial charge >= 0.3 is 0 Å². The van der Waals surface area contributed by atoms with Gasteiger partial charge in [0.15, 0.2) is 0 Å². The zero-order valence-electron chi connectivity index (χ0n) is 15.1. The van der Waals surface area contributed by atoms with Gasteiger partial charge in [-0.2, -0.15) is 0 Å². The summed E-state index contributed by atoms with van der Waals surface area (Å²) >= 11 is 0. The minimum atomic E-state index is -3.56. The van der Waals surface area contributed by atoms with Crippen LogP contribution in [0.25, 0.3) is 0 Å². The van der Waals surface area contributed by atoms with Gasteiger partial charge in [-0.15, -0.1) is 19.0 Å². The molecule has 146 valence electrons. The van der Waals surface area contributed by atoms with E-state index < -0.39 is 10.0 Å². The fourth-order valence-corrected chi connectivity index (χ4v) is 3.90. The van der Waals surface area contributed by atoms with Gasteiger partial charge in [0.2, 0.25) is 10.0 Å². The molecule has 1 saturated heterocycles. The summed E-state index contributed by atoms with van der Waals surface area (Å²) < 4.78 is 26.5. The molecule has 2 rings (SSSR count). The Morgan fingerprint density at radius 1 is 1.27 bits per heavy atom. The van der Waals surface area contributed by atoms with Crippen molar-refractivity contribution in [3.63, 3.8) is 0 Å². The van der Waals surface area contributed by atoms with Crippen LogP contribution in [0.3, 0.4) is 0 Å². The number of likely N-dealkylation sites (tertiary alicyclic amines) is 1. The standard InChI is InChI=1S/C18H27N3O3S.ClH/c1-3-11-20-25(23,24)17-7-5-16(6-8-17)18(22)21-12-9-15(10-13-21)14-19-4-2;/h3,5-8,15,19-20H,1,4,9-14H2,2H3;1H. The Labute approximate surface area is 162 Å². The van der Waals surface area contributed by atoms with Crippen LogP contribution in [0.2, 0.25) is 0 Å². The lowest BCUT2D eigenvalue weighted by atomic mass is 9.96. The highest BCUT2D eigenvalue weighted by Gasteiger charge is 2.23. The Balaban J connectivity index is 0.00000338. The number of halogens is 1. The Bertz CT molecular complexity index is 684. The average molecular weight is 402 g/mol. The van der Waals surface area contributed by atoms with Gasteiger partial charge in [-0.1, -0.05) is 13.0 Å². The maximum Gasteiger partial charge on any atom is 0.253 e. The van der Waals surface area contributed by atoms with E-state index in [2.05, 4.69) is 23.5 Å². The van der Waals surface area contributed by atoms with E-state index in [1.54, 1.807) is 12.1 Å². The van der Waals surface area contributed by atoms with Gasteiger partial charge in [-0.25, -0.2) is 13.1 Å². The zero-order valence-corrected chi connectivity index (χ0v) is 16.7. The molecule has 26 heavy (non-hydrogen) atoms. The molecule has 0 atom stereocenters. The van der Waals surface area contributed by atoms with Gasteiger partial charge in [-0.3, -0.25) is 4.79 Å². The minimum Gasteiger partial charge on any atom is -0.339 e. The molecule has 1 aliphatic heterocycles. The summed E-state index contributed by atoms with van der Waals surface area (Å²) in [5.74, 6) is 0.581. The molecule has 1 aromatic rings. The van der Waals surface area contributed by atoms with E-state index in [1.807, 2.05) is 4.90 Å². The van der Waals surface area contributed by atoms with E-state index in [9.17, 15) is 13.2 Å². The molecule has 1 heterocycles. The summed E-state index contributed by atoms with van der Waals surface area (Å²) in [5, 5.41) is 3.36. The highest BCUT2D eigenvalue weighted by Crippen LogP contribution is 2.19. The lowest BCUT2D eigenvalue weighted by Gasteiger charge is -2.32. The van der Waals surface area contributed by atoms with Crippen molar-refractivity contribution in [1.82, 2.24) is 14.9 Å². The summed E-state index contributed by atoms with van der Waals surface area (Å²) in [7, 11) is -3.56. The van der Waals surface area contributed by atoms with Crippen LogP contribution >= 0.6 is 12.4 Å². The van der Waals surface area contributed by atoms with Crippen LogP contribution in [0.1, 0.15) is 30.1 Å². The van der Waals surface area contributed by atoms with Crippen LogP contribution < -0.4 is 10.0 Å². The first-order valence-corrected chi connectivity index (χ1v) is 10.2. The van der Waals surface area contributed by atoms with Gasteiger partial charge in [0, 0.05) is 25.2 Å². The number of piperidine rings is 1. The molecule has 6 nitrogen and oxygen atoms in total. The largest absolute Gasteiger partial charge is 0.339 e. The van der Waals surface area contributed by atoms with Crippen LogP contribution in [0.4, 0.5) is 0 Å². The Morgan fingerprint density at radius 2 is 1.88 bits per heavy atom. The summed E-state index contributed by atoms with van der Waals surface area (Å²) in [5.41, 5.74) is 0.521. The molecular weight excluding hydrogens is 374 g/mol. The molecule has 0 aliphatic carbocycles. The molecule has 1 amide bonds. The Morgan fingerprint density at radius 3 is 2.42 bits per heavy atom. The van der Waals surface area contributed by atoms with E-state index in [4.69, 9.17) is 0 Å². The Kier molecular flexibility index (Phi) is 9.29. The number of hydrogen-bond acceptors (Lipinski definition) is 4. The highest BCUT2D eigenvalue weighted by atomic mass is 35.5. The molecule has 0 radical (unpaired) electrons. The van der Waals surface area contributed by atoms with Crippen molar-refractivity contribution < 1.29 is 13.2 Å². The highest BCUT2D eigenvalue weighted by molar-refractivity contribution is 7.89. The van der Waals surface area contributed by atoms with E-state index in [1.165, 1.54) is 18.2 Å². The topological polar surface area (TPSA) is 78.5 Å². The predicted molar refractivity (Wildman–Crippen MR) is 106 cm³/mol. The van der Waals surface area contributed by atoms with Crippen LogP contribution in [0.15, 0.2) is 41.8 Å². The van der Waals surface area contributed by atoms with Crippen LogP contribution in [0, 0.1) is 5.92 Å². The van der Waals surface area contributed by atoms with E-state index in [-0.39, 0.29) is 29.8 Å². The maximum atomic E-state index is 12.6. The van der Waals surface area contributed by atoms with Crippen LogP contribution in [-0.2, 0) is 10.0 Å². The lowest BCUT2D eigenvalue weighted by Crippen LogP contribution is -2.40. The van der Waals surface area contributed by atoms with E-state index >= 15 is 0 Å². The summed E-state index contributed by atoms with van der Waals surface area (Å²) in [6.07, 6.45) is 3.47. The molecule has 1 aromatic carbocycles. The van der Waals surface area contributed by atoms with Crippen LogP contribution in [-0.4, -0.2) is 51.9 Å². The smallest absolute Gasteiger partial charge is 0.253 e. The number of nitrogens with zero attached hydrogens (tertiary/aromatic N) is 1. The number of carbonyl (C=O) groups excluding carboxylic acids is 1. The molecule has 0 spiro atoms. The zero-order chi connectivity index (χ0) is 18.3. The number of hydrogen-bond donors (Lipinski definition) is 2. The number of amides is 1. The van der Waals surface area contributed by atoms with E-state index in [0.717, 1.165) is 39.0 Å². The maximum absolute atomic E-state index is 12.6. The second kappa shape index (κ2) is 10.7. The average Bonchev–Trinajstić information content (AvgIpc) is 2.64. The van der Waals surface area contributed by atoms with Crippen molar-refractivity contribution in [2.75, 3.05) is 32.7 Å². The Hall–Kier alpha value is -1.41. The van der Waals surface area contributed by atoms with Gasteiger partial charge in [0.05, 0.1) is 4.90 Å². The molecular formula is C18H28ClN3O3S. The third kappa shape index (κ3) is 6.09. The third-order valence-corrected chi connectivity index (χ3v) is 5.85. The molecule has 0 aromatic heterocycles.